The summed E-state index contributed by atoms with van der Waals surface area (Å²) in [5, 5.41) is 8.73. The lowest BCUT2D eigenvalue weighted by Crippen LogP contribution is -2.10. The average Bonchev–Trinajstić information content (AvgIpc) is 2.08. The molecule has 1 unspecified atom stereocenters. The monoisotopic (exact) mass is 262 g/mol. The van der Waals surface area contributed by atoms with Gasteiger partial charge in [-0.1, -0.05) is 15.9 Å². The minimum Gasteiger partial charge on any atom is -0.507 e. The van der Waals surface area contributed by atoms with Gasteiger partial charge in [-0.2, -0.15) is 0 Å². The lowest BCUT2D eigenvalue weighted by molar-refractivity contribution is 0.0989. The van der Waals surface area contributed by atoms with Crippen LogP contribution in [-0.4, -0.2) is 16.3 Å². The summed E-state index contributed by atoms with van der Waals surface area (Å²) in [6.45, 7) is 1.57. The number of rotatable bonds is 2. The van der Waals surface area contributed by atoms with E-state index >= 15 is 0 Å². The maximum Gasteiger partial charge on any atom is 0.184 e. The summed E-state index contributed by atoms with van der Waals surface area (Å²) < 4.78 is 0.742. The molecular formula is C9H8BrClO2. The zero-order chi connectivity index (χ0) is 10.0. The van der Waals surface area contributed by atoms with Crippen LogP contribution in [0.4, 0.5) is 0 Å². The summed E-state index contributed by atoms with van der Waals surface area (Å²) in [6, 6.07) is 4.66. The number of Topliss-reactive ketones (excluding diaryl/α,β-unsaturated/α-hetero) is 1. The number of phenols is 1. The van der Waals surface area contributed by atoms with Crippen LogP contribution in [0.1, 0.15) is 17.3 Å². The number of hydrogen-bond donors (Lipinski definition) is 1. The van der Waals surface area contributed by atoms with E-state index in [1.165, 1.54) is 6.07 Å². The van der Waals surface area contributed by atoms with Gasteiger partial charge in [0.15, 0.2) is 5.78 Å². The highest BCUT2D eigenvalue weighted by atomic mass is 79.9. The Labute approximate surface area is 89.7 Å². The van der Waals surface area contributed by atoms with Gasteiger partial charge in [-0.15, -0.1) is 11.6 Å². The molecule has 0 saturated heterocycles. The SMILES string of the molecule is CC(Cl)C(=O)c1cc(Br)ccc1O. The van der Waals surface area contributed by atoms with Gasteiger partial charge in [0.25, 0.3) is 0 Å². The Morgan fingerprint density at radius 1 is 1.62 bits per heavy atom. The van der Waals surface area contributed by atoms with E-state index in [0.717, 1.165) is 4.47 Å². The fourth-order valence-corrected chi connectivity index (χ4v) is 1.40. The van der Waals surface area contributed by atoms with Crippen molar-refractivity contribution < 1.29 is 9.90 Å². The molecule has 1 aromatic carbocycles. The largest absolute Gasteiger partial charge is 0.507 e. The Hall–Kier alpha value is -0.540. The molecule has 0 aliphatic rings. The normalized spacial score (nSPS) is 12.5. The molecule has 0 amide bonds. The molecule has 0 aliphatic heterocycles. The van der Waals surface area contributed by atoms with E-state index in [9.17, 15) is 9.90 Å². The van der Waals surface area contributed by atoms with Crippen molar-refractivity contribution in [3.63, 3.8) is 0 Å². The maximum atomic E-state index is 11.4. The lowest BCUT2D eigenvalue weighted by atomic mass is 10.1. The molecule has 13 heavy (non-hydrogen) atoms. The predicted octanol–water partition coefficient (Wildman–Crippen LogP) is 2.96. The Morgan fingerprint density at radius 3 is 2.77 bits per heavy atom. The molecule has 0 aromatic heterocycles. The van der Waals surface area contributed by atoms with Crippen LogP contribution < -0.4 is 0 Å². The van der Waals surface area contributed by atoms with E-state index in [-0.39, 0.29) is 17.1 Å². The third-order valence-electron chi connectivity index (χ3n) is 1.59. The molecule has 4 heteroatoms. The van der Waals surface area contributed by atoms with Crippen LogP contribution in [0.3, 0.4) is 0 Å². The van der Waals surface area contributed by atoms with E-state index in [2.05, 4.69) is 15.9 Å². The molecule has 0 fully saturated rings. The first-order valence-corrected chi connectivity index (χ1v) is 4.92. The molecule has 0 aliphatic carbocycles. The second kappa shape index (κ2) is 4.11. The van der Waals surface area contributed by atoms with Gasteiger partial charge in [-0.25, -0.2) is 0 Å². The van der Waals surface area contributed by atoms with Crippen molar-refractivity contribution in [2.75, 3.05) is 0 Å². The smallest absolute Gasteiger partial charge is 0.184 e. The van der Waals surface area contributed by atoms with Crippen LogP contribution >= 0.6 is 27.5 Å². The van der Waals surface area contributed by atoms with Crippen molar-refractivity contribution >= 4 is 33.3 Å². The van der Waals surface area contributed by atoms with Crippen LogP contribution in [0.2, 0.25) is 0 Å². The summed E-state index contributed by atoms with van der Waals surface area (Å²) >= 11 is 8.82. The highest BCUT2D eigenvalue weighted by Gasteiger charge is 2.16. The number of ketones is 1. The summed E-state index contributed by atoms with van der Waals surface area (Å²) in [7, 11) is 0. The molecule has 1 rings (SSSR count). The second-order valence-electron chi connectivity index (χ2n) is 2.64. The zero-order valence-electron chi connectivity index (χ0n) is 6.92. The fraction of sp³-hybridized carbons (Fsp3) is 0.222. The molecular weight excluding hydrogens is 255 g/mol. The lowest BCUT2D eigenvalue weighted by Gasteiger charge is -2.05. The molecule has 0 radical (unpaired) electrons. The number of alkyl halides is 1. The first kappa shape index (κ1) is 10.5. The quantitative estimate of drug-likeness (QED) is 0.658. The van der Waals surface area contributed by atoms with E-state index in [1.54, 1.807) is 19.1 Å². The number of carbonyl (C=O) groups excluding carboxylic acids is 1. The zero-order valence-corrected chi connectivity index (χ0v) is 9.26. The van der Waals surface area contributed by atoms with Gasteiger partial charge in [0.05, 0.1) is 10.9 Å². The molecule has 70 valence electrons. The van der Waals surface area contributed by atoms with Gasteiger partial charge in [0.1, 0.15) is 5.75 Å². The molecule has 2 nitrogen and oxygen atoms in total. The van der Waals surface area contributed by atoms with Gasteiger partial charge in [-0.05, 0) is 25.1 Å². The summed E-state index contributed by atoms with van der Waals surface area (Å²) in [5.41, 5.74) is 0.247. The van der Waals surface area contributed by atoms with Crippen LogP contribution in [0.25, 0.3) is 0 Å². The highest BCUT2D eigenvalue weighted by molar-refractivity contribution is 9.10. The number of halogens is 2. The standard InChI is InChI=1S/C9H8BrClO2/c1-5(11)9(13)7-4-6(10)2-3-8(7)12/h2-5,12H,1H3. The third kappa shape index (κ3) is 2.45. The molecule has 1 atom stereocenters. The minimum atomic E-state index is -0.625. The first-order valence-electron chi connectivity index (χ1n) is 3.69. The highest BCUT2D eigenvalue weighted by Crippen LogP contribution is 2.23. The molecule has 1 N–H and O–H groups in total. The minimum absolute atomic E-state index is 0.0410. The van der Waals surface area contributed by atoms with Gasteiger partial charge in [-0.3, -0.25) is 4.79 Å². The second-order valence-corrected chi connectivity index (χ2v) is 4.21. The first-order chi connectivity index (χ1) is 6.02. The Bertz CT molecular complexity index is 336. The number of carbonyl (C=O) groups is 1. The molecule has 0 bridgehead atoms. The molecule has 1 aromatic rings. The molecule has 0 heterocycles. The van der Waals surface area contributed by atoms with Gasteiger partial charge < -0.3 is 5.11 Å². The van der Waals surface area contributed by atoms with E-state index in [4.69, 9.17) is 11.6 Å². The van der Waals surface area contributed by atoms with Crippen LogP contribution in [0, 0.1) is 0 Å². The van der Waals surface area contributed by atoms with Crippen LogP contribution in [0.5, 0.6) is 5.75 Å². The number of aromatic hydroxyl groups is 1. The topological polar surface area (TPSA) is 37.3 Å². The average molecular weight is 264 g/mol. The van der Waals surface area contributed by atoms with E-state index in [1.807, 2.05) is 0 Å². The van der Waals surface area contributed by atoms with Gasteiger partial charge >= 0.3 is 0 Å². The maximum absolute atomic E-state index is 11.4. The van der Waals surface area contributed by atoms with Crippen molar-refractivity contribution in [2.24, 2.45) is 0 Å². The van der Waals surface area contributed by atoms with E-state index in [0.29, 0.717) is 0 Å². The van der Waals surface area contributed by atoms with E-state index < -0.39 is 5.38 Å². The van der Waals surface area contributed by atoms with Crippen molar-refractivity contribution in [1.82, 2.24) is 0 Å². The number of hydrogen-bond acceptors (Lipinski definition) is 2. The van der Waals surface area contributed by atoms with Gasteiger partial charge in [0.2, 0.25) is 0 Å². The van der Waals surface area contributed by atoms with Crippen molar-refractivity contribution in [3.05, 3.63) is 28.2 Å². The Kier molecular flexibility index (Phi) is 3.33. The van der Waals surface area contributed by atoms with Crippen LogP contribution in [0.15, 0.2) is 22.7 Å². The van der Waals surface area contributed by atoms with Crippen molar-refractivity contribution in [3.8, 4) is 5.75 Å². The Morgan fingerprint density at radius 2 is 2.23 bits per heavy atom. The summed E-state index contributed by atoms with van der Waals surface area (Å²) in [5.74, 6) is -0.318. The predicted molar refractivity (Wildman–Crippen MR) is 55.5 cm³/mol. The number of phenolic OH excluding ortho intramolecular Hbond substituents is 1. The summed E-state index contributed by atoms with van der Waals surface area (Å²) in [4.78, 5) is 11.4. The van der Waals surface area contributed by atoms with Gasteiger partial charge in [0, 0.05) is 4.47 Å². The van der Waals surface area contributed by atoms with Crippen molar-refractivity contribution in [1.29, 1.82) is 0 Å². The van der Waals surface area contributed by atoms with Crippen molar-refractivity contribution in [2.45, 2.75) is 12.3 Å². The third-order valence-corrected chi connectivity index (χ3v) is 2.28. The molecule has 0 spiro atoms. The molecule has 0 saturated carbocycles. The Balaban J connectivity index is 3.13. The fourth-order valence-electron chi connectivity index (χ4n) is 0.920. The summed E-state index contributed by atoms with van der Waals surface area (Å²) in [6.07, 6.45) is 0. The van der Waals surface area contributed by atoms with Crippen LogP contribution in [-0.2, 0) is 0 Å². The number of benzene rings is 1.